The quantitative estimate of drug-likeness (QED) is 0.602. The van der Waals surface area contributed by atoms with Crippen molar-refractivity contribution in [3.05, 3.63) is 28.8 Å². The van der Waals surface area contributed by atoms with E-state index in [0.717, 1.165) is 14.0 Å². The van der Waals surface area contributed by atoms with Crippen LogP contribution in [-0.2, 0) is 4.74 Å². The van der Waals surface area contributed by atoms with Crippen molar-refractivity contribution >= 4 is 11.8 Å². The van der Waals surface area contributed by atoms with Crippen LogP contribution in [0.4, 0.5) is 8.78 Å². The second kappa shape index (κ2) is 4.90. The van der Waals surface area contributed by atoms with Crippen molar-refractivity contribution in [3.63, 3.8) is 0 Å². The lowest BCUT2D eigenvalue weighted by Gasteiger charge is -2.11. The zero-order valence-electron chi connectivity index (χ0n) is 9.47. The molecule has 0 heterocycles. The maximum atomic E-state index is 13.5. The molecule has 0 aliphatic rings. The van der Waals surface area contributed by atoms with Crippen LogP contribution >= 0.6 is 0 Å². The molecule has 0 bridgehead atoms. The molecule has 0 saturated carbocycles. The van der Waals surface area contributed by atoms with Crippen molar-refractivity contribution in [3.8, 4) is 5.75 Å². The molecular weight excluding hydrogens is 234 g/mol. The van der Waals surface area contributed by atoms with Gasteiger partial charge in [0.1, 0.15) is 11.3 Å². The molecule has 0 aromatic heterocycles. The Morgan fingerprint density at radius 1 is 1.18 bits per heavy atom. The molecule has 17 heavy (non-hydrogen) atoms. The predicted molar refractivity (Wildman–Crippen MR) is 54.3 cm³/mol. The van der Waals surface area contributed by atoms with Gasteiger partial charge in [0.05, 0.1) is 19.8 Å². The van der Waals surface area contributed by atoms with Crippen LogP contribution < -0.4 is 4.74 Å². The molecule has 0 radical (unpaired) electrons. The van der Waals surface area contributed by atoms with Gasteiger partial charge in [0.15, 0.2) is 17.4 Å². The fourth-order valence-corrected chi connectivity index (χ4v) is 1.41. The average Bonchev–Trinajstić information content (AvgIpc) is 2.30. The van der Waals surface area contributed by atoms with E-state index in [1.807, 2.05) is 0 Å². The van der Waals surface area contributed by atoms with E-state index in [1.165, 1.54) is 7.11 Å². The summed E-state index contributed by atoms with van der Waals surface area (Å²) in [5.41, 5.74) is -1.09. The number of carbonyl (C=O) groups excluding carboxylic acids is 2. The lowest BCUT2D eigenvalue weighted by molar-refractivity contribution is 0.0589. The predicted octanol–water partition coefficient (Wildman–Crippen LogP) is 1.96. The number of esters is 1. The molecule has 4 nitrogen and oxygen atoms in total. The summed E-state index contributed by atoms with van der Waals surface area (Å²) < 4.78 is 35.7. The molecular formula is C11H10F2O4. The highest BCUT2D eigenvalue weighted by atomic mass is 19.2. The number of hydrogen-bond acceptors (Lipinski definition) is 4. The maximum absolute atomic E-state index is 13.5. The smallest absolute Gasteiger partial charge is 0.341 e. The fraction of sp³-hybridized carbons (Fsp3) is 0.273. The highest BCUT2D eigenvalue weighted by Crippen LogP contribution is 2.28. The minimum absolute atomic E-state index is 0.211. The van der Waals surface area contributed by atoms with Crippen molar-refractivity contribution in [2.24, 2.45) is 0 Å². The van der Waals surface area contributed by atoms with E-state index in [1.54, 1.807) is 0 Å². The first-order valence-electron chi connectivity index (χ1n) is 4.59. The van der Waals surface area contributed by atoms with Crippen LogP contribution in [0.2, 0.25) is 0 Å². The molecule has 0 aliphatic heterocycles. The Balaban J connectivity index is 3.68. The second-order valence-electron chi connectivity index (χ2n) is 3.17. The number of benzene rings is 1. The Morgan fingerprint density at radius 2 is 1.76 bits per heavy atom. The third-order valence-electron chi connectivity index (χ3n) is 2.14. The Morgan fingerprint density at radius 3 is 2.18 bits per heavy atom. The number of ether oxygens (including phenoxy) is 2. The number of hydrogen-bond donors (Lipinski definition) is 0. The molecule has 0 spiro atoms. The summed E-state index contributed by atoms with van der Waals surface area (Å²) in [5, 5.41) is 0. The van der Waals surface area contributed by atoms with E-state index in [0.29, 0.717) is 6.07 Å². The van der Waals surface area contributed by atoms with Gasteiger partial charge in [-0.15, -0.1) is 0 Å². The van der Waals surface area contributed by atoms with Gasteiger partial charge in [-0.2, -0.15) is 0 Å². The third kappa shape index (κ3) is 2.25. The molecule has 0 fully saturated rings. The SMILES string of the molecule is COC(=O)c1c(F)c(F)cc(OC)c1C(C)=O. The maximum Gasteiger partial charge on any atom is 0.341 e. The molecule has 0 unspecified atom stereocenters. The van der Waals surface area contributed by atoms with Crippen molar-refractivity contribution in [1.82, 2.24) is 0 Å². The molecule has 0 N–H and O–H groups in total. The summed E-state index contributed by atoms with van der Waals surface area (Å²) in [4.78, 5) is 22.7. The van der Waals surface area contributed by atoms with Gasteiger partial charge in [-0.1, -0.05) is 0 Å². The molecule has 1 aromatic rings. The highest BCUT2D eigenvalue weighted by molar-refractivity contribution is 6.07. The number of carbonyl (C=O) groups is 2. The van der Waals surface area contributed by atoms with Crippen LogP contribution in [0.25, 0.3) is 0 Å². The number of methoxy groups -OCH3 is 2. The number of halogens is 2. The molecule has 0 amide bonds. The minimum atomic E-state index is -1.43. The van der Waals surface area contributed by atoms with Crippen molar-refractivity contribution in [1.29, 1.82) is 0 Å². The topological polar surface area (TPSA) is 52.6 Å². The molecule has 0 aliphatic carbocycles. The summed E-state index contributed by atoms with van der Waals surface area (Å²) in [6, 6.07) is 0.707. The van der Waals surface area contributed by atoms with E-state index >= 15 is 0 Å². The Kier molecular flexibility index (Phi) is 3.77. The summed E-state index contributed by atoms with van der Waals surface area (Å²) in [5.74, 6) is -4.68. The molecule has 92 valence electrons. The zero-order valence-corrected chi connectivity index (χ0v) is 9.47. The van der Waals surface area contributed by atoms with Gasteiger partial charge in [0.2, 0.25) is 0 Å². The summed E-state index contributed by atoms with van der Waals surface area (Å²) in [7, 11) is 2.18. The normalized spacial score (nSPS) is 9.94. The first-order valence-corrected chi connectivity index (χ1v) is 4.59. The van der Waals surface area contributed by atoms with Crippen LogP contribution in [0, 0.1) is 11.6 Å². The van der Waals surface area contributed by atoms with Crippen molar-refractivity contribution < 1.29 is 27.8 Å². The van der Waals surface area contributed by atoms with Gasteiger partial charge in [-0.3, -0.25) is 4.79 Å². The fourth-order valence-electron chi connectivity index (χ4n) is 1.41. The zero-order chi connectivity index (χ0) is 13.2. The van der Waals surface area contributed by atoms with Gasteiger partial charge in [-0.05, 0) is 6.92 Å². The number of rotatable bonds is 3. The Bertz CT molecular complexity index is 483. The van der Waals surface area contributed by atoms with E-state index in [9.17, 15) is 18.4 Å². The summed E-state index contributed by atoms with van der Waals surface area (Å²) >= 11 is 0. The van der Waals surface area contributed by atoms with E-state index in [4.69, 9.17) is 4.74 Å². The molecule has 1 aromatic carbocycles. The summed E-state index contributed by atoms with van der Waals surface area (Å²) in [6.07, 6.45) is 0. The Hall–Kier alpha value is -1.98. The van der Waals surface area contributed by atoms with Crippen LogP contribution in [0.15, 0.2) is 6.07 Å². The molecule has 0 atom stereocenters. The van der Waals surface area contributed by atoms with E-state index in [2.05, 4.69) is 4.74 Å². The largest absolute Gasteiger partial charge is 0.496 e. The van der Waals surface area contributed by atoms with Crippen LogP contribution in [0.3, 0.4) is 0 Å². The van der Waals surface area contributed by atoms with Crippen LogP contribution in [-0.4, -0.2) is 26.0 Å². The molecule has 6 heteroatoms. The number of ketones is 1. The average molecular weight is 244 g/mol. The van der Waals surface area contributed by atoms with Gasteiger partial charge in [-0.25, -0.2) is 13.6 Å². The highest BCUT2D eigenvalue weighted by Gasteiger charge is 2.27. The first kappa shape index (κ1) is 13.1. The standard InChI is InChI=1S/C11H10F2O4/c1-5(14)8-7(16-2)4-6(12)10(13)9(8)11(15)17-3/h4H,1-3H3. The Labute approximate surface area is 96.1 Å². The van der Waals surface area contributed by atoms with E-state index < -0.39 is 29.0 Å². The first-order chi connectivity index (χ1) is 7.93. The van der Waals surface area contributed by atoms with Crippen molar-refractivity contribution in [2.75, 3.05) is 14.2 Å². The monoisotopic (exact) mass is 244 g/mol. The lowest BCUT2D eigenvalue weighted by atomic mass is 10.0. The molecule has 0 saturated heterocycles. The van der Waals surface area contributed by atoms with Gasteiger partial charge in [0, 0.05) is 6.07 Å². The van der Waals surface area contributed by atoms with E-state index in [-0.39, 0.29) is 11.3 Å². The molecule has 1 rings (SSSR count). The van der Waals surface area contributed by atoms with Gasteiger partial charge in [0.25, 0.3) is 0 Å². The number of Topliss-reactive ketones (excluding diaryl/α,β-unsaturated/α-hetero) is 1. The van der Waals surface area contributed by atoms with Gasteiger partial charge >= 0.3 is 5.97 Å². The minimum Gasteiger partial charge on any atom is -0.496 e. The van der Waals surface area contributed by atoms with Crippen LogP contribution in [0.5, 0.6) is 5.75 Å². The van der Waals surface area contributed by atoms with Crippen molar-refractivity contribution in [2.45, 2.75) is 6.92 Å². The summed E-state index contributed by atoms with van der Waals surface area (Å²) in [6.45, 7) is 1.11. The van der Waals surface area contributed by atoms with Gasteiger partial charge < -0.3 is 9.47 Å². The lowest BCUT2D eigenvalue weighted by Crippen LogP contribution is -2.14. The second-order valence-corrected chi connectivity index (χ2v) is 3.17. The third-order valence-corrected chi connectivity index (χ3v) is 2.14. The van der Waals surface area contributed by atoms with Crippen LogP contribution in [0.1, 0.15) is 27.6 Å².